The van der Waals surface area contributed by atoms with E-state index in [2.05, 4.69) is 17.2 Å². The average molecular weight is 299 g/mol. The number of aromatic nitrogens is 2. The van der Waals surface area contributed by atoms with Crippen LogP contribution in [0.5, 0.6) is 0 Å². The van der Waals surface area contributed by atoms with Crippen LogP contribution in [0.25, 0.3) is 0 Å². The molecule has 1 aliphatic carbocycles. The van der Waals surface area contributed by atoms with E-state index in [0.29, 0.717) is 5.92 Å². The fourth-order valence-electron chi connectivity index (χ4n) is 2.67. The first-order valence-electron chi connectivity index (χ1n) is 6.89. The minimum absolute atomic E-state index is 0.0654. The van der Waals surface area contributed by atoms with Gasteiger partial charge < -0.3 is 9.88 Å². The summed E-state index contributed by atoms with van der Waals surface area (Å²) in [5.74, 6) is -0.573. The van der Waals surface area contributed by atoms with E-state index in [1.807, 2.05) is 0 Å². The van der Waals surface area contributed by atoms with Gasteiger partial charge in [-0.25, -0.2) is 13.4 Å². The molecule has 2 atom stereocenters. The highest BCUT2D eigenvalue weighted by molar-refractivity contribution is 7.91. The van der Waals surface area contributed by atoms with Gasteiger partial charge >= 0.3 is 0 Å². The largest absolute Gasteiger partial charge is 0.352 e. The van der Waals surface area contributed by atoms with Crippen LogP contribution in [-0.4, -0.2) is 35.7 Å². The summed E-state index contributed by atoms with van der Waals surface area (Å²) in [6.45, 7) is 2.09. The summed E-state index contributed by atoms with van der Waals surface area (Å²) in [6.07, 6.45) is 7.23. The molecular formula is C13H21N3O3S. The molecule has 1 N–H and O–H groups in total. The zero-order valence-electron chi connectivity index (χ0n) is 11.9. The van der Waals surface area contributed by atoms with Crippen molar-refractivity contribution in [2.45, 2.75) is 43.8 Å². The molecule has 0 spiro atoms. The Labute approximate surface area is 119 Å². The van der Waals surface area contributed by atoms with Gasteiger partial charge in [0.2, 0.25) is 20.9 Å². The number of carbonyl (C=O) groups excluding carboxylic acids is 1. The molecule has 20 heavy (non-hydrogen) atoms. The first kappa shape index (κ1) is 15.0. The highest BCUT2D eigenvalue weighted by Gasteiger charge is 2.27. The summed E-state index contributed by atoms with van der Waals surface area (Å²) >= 11 is 0. The van der Waals surface area contributed by atoms with Crippen LogP contribution < -0.4 is 5.32 Å². The number of carbonyl (C=O) groups is 1. The van der Waals surface area contributed by atoms with Gasteiger partial charge in [0.05, 0.1) is 0 Å². The van der Waals surface area contributed by atoms with Crippen molar-refractivity contribution in [1.29, 1.82) is 0 Å². The Balaban J connectivity index is 1.99. The Bertz CT molecular complexity index is 579. The van der Waals surface area contributed by atoms with E-state index in [-0.39, 0.29) is 11.2 Å². The number of aryl methyl sites for hydroxylation is 1. The van der Waals surface area contributed by atoms with Gasteiger partial charge in [0, 0.05) is 25.5 Å². The predicted octanol–water partition coefficient (Wildman–Crippen LogP) is 0.889. The lowest BCUT2D eigenvalue weighted by molar-refractivity contribution is -0.119. The van der Waals surface area contributed by atoms with Gasteiger partial charge in [-0.2, -0.15) is 0 Å². The molecule has 0 radical (unpaired) electrons. The van der Waals surface area contributed by atoms with Crippen molar-refractivity contribution in [2.24, 2.45) is 13.0 Å². The third-order valence-corrected chi connectivity index (χ3v) is 5.43. The third-order valence-electron chi connectivity index (χ3n) is 3.83. The Morgan fingerprint density at radius 1 is 1.45 bits per heavy atom. The Hall–Kier alpha value is -1.37. The second-order valence-corrected chi connectivity index (χ2v) is 7.40. The van der Waals surface area contributed by atoms with Crippen molar-refractivity contribution in [3.63, 3.8) is 0 Å². The van der Waals surface area contributed by atoms with Crippen molar-refractivity contribution in [2.75, 3.05) is 5.75 Å². The highest BCUT2D eigenvalue weighted by atomic mass is 32.2. The average Bonchev–Trinajstić information content (AvgIpc) is 2.78. The van der Waals surface area contributed by atoms with Crippen LogP contribution in [-0.2, 0) is 21.7 Å². The molecule has 1 aliphatic rings. The number of amides is 1. The van der Waals surface area contributed by atoms with Gasteiger partial charge in [0.25, 0.3) is 0 Å². The fraction of sp³-hybridized carbons (Fsp3) is 0.692. The first-order valence-corrected chi connectivity index (χ1v) is 8.55. The molecule has 1 aromatic rings. The standard InChI is InChI=1S/C13H21N3O3S/c1-10-5-3-4-6-11(10)15-12(17)9-20(18,19)13-14-7-8-16(13)2/h7-8,10-11H,3-6,9H2,1-2H3,(H,15,17)/t10-,11+/m1/s1. The zero-order valence-corrected chi connectivity index (χ0v) is 12.7. The smallest absolute Gasteiger partial charge is 0.235 e. The monoisotopic (exact) mass is 299 g/mol. The van der Waals surface area contributed by atoms with Gasteiger partial charge in [-0.15, -0.1) is 0 Å². The predicted molar refractivity (Wildman–Crippen MR) is 74.8 cm³/mol. The van der Waals surface area contributed by atoms with Crippen molar-refractivity contribution in [1.82, 2.24) is 14.9 Å². The number of hydrogen-bond donors (Lipinski definition) is 1. The van der Waals surface area contributed by atoms with E-state index in [4.69, 9.17) is 0 Å². The minimum Gasteiger partial charge on any atom is -0.352 e. The molecule has 1 fully saturated rings. The van der Waals surface area contributed by atoms with Crippen LogP contribution in [0.3, 0.4) is 0 Å². The van der Waals surface area contributed by atoms with Crippen LogP contribution in [0.4, 0.5) is 0 Å². The van der Waals surface area contributed by atoms with Crippen LogP contribution >= 0.6 is 0 Å². The molecule has 6 nitrogen and oxygen atoms in total. The first-order chi connectivity index (χ1) is 9.40. The number of rotatable bonds is 4. The number of nitrogens with zero attached hydrogens (tertiary/aromatic N) is 2. The lowest BCUT2D eigenvalue weighted by Gasteiger charge is -2.29. The molecule has 0 aliphatic heterocycles. The summed E-state index contributed by atoms with van der Waals surface area (Å²) in [7, 11) is -2.08. The number of imidazole rings is 1. The van der Waals surface area contributed by atoms with Gasteiger partial charge in [0.1, 0.15) is 5.75 Å². The maximum atomic E-state index is 12.1. The highest BCUT2D eigenvalue weighted by Crippen LogP contribution is 2.23. The van der Waals surface area contributed by atoms with Crippen molar-refractivity contribution >= 4 is 15.7 Å². The molecule has 0 bridgehead atoms. The molecule has 1 saturated carbocycles. The number of hydrogen-bond acceptors (Lipinski definition) is 4. The quantitative estimate of drug-likeness (QED) is 0.895. The topological polar surface area (TPSA) is 81.1 Å². The van der Waals surface area contributed by atoms with E-state index in [9.17, 15) is 13.2 Å². The van der Waals surface area contributed by atoms with Gasteiger partial charge in [-0.3, -0.25) is 4.79 Å². The van der Waals surface area contributed by atoms with E-state index in [1.54, 1.807) is 13.2 Å². The SMILES string of the molecule is C[C@@H]1CCCC[C@@H]1NC(=O)CS(=O)(=O)c1nccn1C. The molecule has 0 unspecified atom stereocenters. The van der Waals surface area contributed by atoms with Crippen LogP contribution in [0.2, 0.25) is 0 Å². The Kier molecular flexibility index (Phi) is 4.47. The summed E-state index contributed by atoms with van der Waals surface area (Å²) in [5.41, 5.74) is 0. The summed E-state index contributed by atoms with van der Waals surface area (Å²) in [6, 6.07) is 0.0906. The molecule has 7 heteroatoms. The molecule has 2 rings (SSSR count). The van der Waals surface area contributed by atoms with E-state index < -0.39 is 21.5 Å². The summed E-state index contributed by atoms with van der Waals surface area (Å²) in [5, 5.41) is 2.79. The zero-order chi connectivity index (χ0) is 14.8. The number of sulfone groups is 1. The van der Waals surface area contributed by atoms with Crippen LogP contribution in [0.1, 0.15) is 32.6 Å². The maximum absolute atomic E-state index is 12.1. The van der Waals surface area contributed by atoms with Crippen LogP contribution in [0, 0.1) is 5.92 Å². The lowest BCUT2D eigenvalue weighted by Crippen LogP contribution is -2.43. The molecule has 112 valence electrons. The Morgan fingerprint density at radius 3 is 2.75 bits per heavy atom. The number of nitrogens with one attached hydrogen (secondary N) is 1. The molecule has 0 aromatic carbocycles. The minimum atomic E-state index is -3.68. The van der Waals surface area contributed by atoms with Gasteiger partial charge in [-0.1, -0.05) is 19.8 Å². The van der Waals surface area contributed by atoms with Crippen molar-refractivity contribution in [3.05, 3.63) is 12.4 Å². The summed E-state index contributed by atoms with van der Waals surface area (Å²) in [4.78, 5) is 15.7. The van der Waals surface area contributed by atoms with Crippen molar-refractivity contribution in [3.8, 4) is 0 Å². The molecule has 1 heterocycles. The van der Waals surface area contributed by atoms with Crippen LogP contribution in [0.15, 0.2) is 17.6 Å². The molecule has 1 amide bonds. The van der Waals surface area contributed by atoms with E-state index in [0.717, 1.165) is 19.3 Å². The van der Waals surface area contributed by atoms with Crippen molar-refractivity contribution < 1.29 is 13.2 Å². The second kappa shape index (κ2) is 5.95. The van der Waals surface area contributed by atoms with E-state index in [1.165, 1.54) is 17.2 Å². The summed E-state index contributed by atoms with van der Waals surface area (Å²) < 4.78 is 25.6. The van der Waals surface area contributed by atoms with E-state index >= 15 is 0 Å². The lowest BCUT2D eigenvalue weighted by atomic mass is 9.86. The normalized spacial score (nSPS) is 23.5. The van der Waals surface area contributed by atoms with Gasteiger partial charge in [0.15, 0.2) is 0 Å². The Morgan fingerprint density at radius 2 is 2.15 bits per heavy atom. The second-order valence-electron chi connectivity index (χ2n) is 5.52. The molecular weight excluding hydrogens is 278 g/mol. The third kappa shape index (κ3) is 3.39. The molecule has 0 saturated heterocycles. The molecule has 1 aromatic heterocycles. The maximum Gasteiger partial charge on any atom is 0.235 e. The van der Waals surface area contributed by atoms with Gasteiger partial charge in [-0.05, 0) is 18.8 Å². The fourth-order valence-corrected chi connectivity index (χ4v) is 3.95.